The number of hydrogen-bond acceptors (Lipinski definition) is 4. The van der Waals surface area contributed by atoms with Crippen molar-refractivity contribution < 1.29 is 0 Å². The molecule has 100 valence electrons. The van der Waals surface area contributed by atoms with E-state index in [0.717, 1.165) is 17.3 Å². The first-order valence-electron chi connectivity index (χ1n) is 6.97. The fourth-order valence-corrected chi connectivity index (χ4v) is 2.98. The third kappa shape index (κ3) is 2.45. The third-order valence-corrected chi connectivity index (χ3v) is 4.02. The highest BCUT2D eigenvalue weighted by Gasteiger charge is 2.26. The van der Waals surface area contributed by atoms with Crippen molar-refractivity contribution in [2.24, 2.45) is 5.92 Å². The van der Waals surface area contributed by atoms with Crippen LogP contribution in [0.15, 0.2) is 30.6 Å². The van der Waals surface area contributed by atoms with Gasteiger partial charge in [0.15, 0.2) is 0 Å². The van der Waals surface area contributed by atoms with Crippen molar-refractivity contribution in [1.82, 2.24) is 20.2 Å². The predicted molar refractivity (Wildman–Crippen MR) is 74.2 cm³/mol. The third-order valence-electron chi connectivity index (χ3n) is 4.02. The lowest BCUT2D eigenvalue weighted by Crippen LogP contribution is -2.24. The molecule has 0 bridgehead atoms. The van der Waals surface area contributed by atoms with Gasteiger partial charge in [-0.3, -0.25) is 0 Å². The number of para-hydroxylation sites is 2. The SMILES string of the molecule is CCC1CCCC1Nc1ccccc1-n1cnnn1. The number of benzene rings is 1. The predicted octanol–water partition coefficient (Wildman–Crippen LogP) is 2.65. The first kappa shape index (κ1) is 12.1. The Labute approximate surface area is 113 Å². The second-order valence-corrected chi connectivity index (χ2v) is 5.12. The maximum absolute atomic E-state index is 3.98. The van der Waals surface area contributed by atoms with Crippen LogP contribution in [0.5, 0.6) is 0 Å². The van der Waals surface area contributed by atoms with Gasteiger partial charge < -0.3 is 5.32 Å². The van der Waals surface area contributed by atoms with Crippen LogP contribution in [0.3, 0.4) is 0 Å². The molecule has 2 atom stereocenters. The van der Waals surface area contributed by atoms with Crippen LogP contribution in [0.2, 0.25) is 0 Å². The smallest absolute Gasteiger partial charge is 0.143 e. The van der Waals surface area contributed by atoms with Crippen LogP contribution in [0, 0.1) is 5.92 Å². The van der Waals surface area contributed by atoms with Crippen LogP contribution in [-0.4, -0.2) is 26.2 Å². The minimum Gasteiger partial charge on any atom is -0.380 e. The van der Waals surface area contributed by atoms with Gasteiger partial charge in [0, 0.05) is 6.04 Å². The number of rotatable bonds is 4. The Morgan fingerprint density at radius 2 is 2.21 bits per heavy atom. The van der Waals surface area contributed by atoms with E-state index in [1.807, 2.05) is 18.2 Å². The van der Waals surface area contributed by atoms with Crippen LogP contribution < -0.4 is 5.32 Å². The molecule has 5 heteroatoms. The van der Waals surface area contributed by atoms with Crippen molar-refractivity contribution in [2.45, 2.75) is 38.6 Å². The van der Waals surface area contributed by atoms with E-state index in [0.29, 0.717) is 6.04 Å². The van der Waals surface area contributed by atoms with Gasteiger partial charge in [0.05, 0.1) is 11.4 Å². The van der Waals surface area contributed by atoms with Crippen LogP contribution in [0.25, 0.3) is 5.69 Å². The minimum absolute atomic E-state index is 0.572. The summed E-state index contributed by atoms with van der Waals surface area (Å²) < 4.78 is 1.71. The minimum atomic E-state index is 0.572. The van der Waals surface area contributed by atoms with Crippen molar-refractivity contribution in [3.8, 4) is 5.69 Å². The van der Waals surface area contributed by atoms with Gasteiger partial charge in [0.2, 0.25) is 0 Å². The Balaban J connectivity index is 1.85. The van der Waals surface area contributed by atoms with Gasteiger partial charge in [-0.05, 0) is 41.3 Å². The second-order valence-electron chi connectivity index (χ2n) is 5.12. The summed E-state index contributed by atoms with van der Waals surface area (Å²) >= 11 is 0. The van der Waals surface area contributed by atoms with Gasteiger partial charge in [-0.15, -0.1) is 5.10 Å². The zero-order valence-electron chi connectivity index (χ0n) is 11.2. The van der Waals surface area contributed by atoms with E-state index >= 15 is 0 Å². The van der Waals surface area contributed by atoms with E-state index in [1.54, 1.807) is 11.0 Å². The Kier molecular flexibility index (Phi) is 3.44. The zero-order valence-corrected chi connectivity index (χ0v) is 11.2. The highest BCUT2D eigenvalue weighted by atomic mass is 15.5. The molecule has 5 nitrogen and oxygen atoms in total. The molecule has 1 aliphatic carbocycles. The van der Waals surface area contributed by atoms with Crippen molar-refractivity contribution in [1.29, 1.82) is 0 Å². The summed E-state index contributed by atoms with van der Waals surface area (Å²) in [6.45, 7) is 2.28. The van der Waals surface area contributed by atoms with E-state index in [4.69, 9.17) is 0 Å². The van der Waals surface area contributed by atoms with Crippen molar-refractivity contribution >= 4 is 5.69 Å². The highest BCUT2D eigenvalue weighted by Crippen LogP contribution is 2.32. The average Bonchev–Trinajstić information content (AvgIpc) is 3.10. The maximum Gasteiger partial charge on any atom is 0.143 e. The molecule has 1 aromatic carbocycles. The van der Waals surface area contributed by atoms with E-state index in [2.05, 4.69) is 33.8 Å². The van der Waals surface area contributed by atoms with Crippen molar-refractivity contribution in [3.63, 3.8) is 0 Å². The lowest BCUT2D eigenvalue weighted by Gasteiger charge is -2.22. The molecule has 2 unspecified atom stereocenters. The molecule has 0 radical (unpaired) electrons. The lowest BCUT2D eigenvalue weighted by atomic mass is 10.0. The number of nitrogens with one attached hydrogen (secondary N) is 1. The van der Waals surface area contributed by atoms with E-state index < -0.39 is 0 Å². The summed E-state index contributed by atoms with van der Waals surface area (Å²) in [7, 11) is 0. The summed E-state index contributed by atoms with van der Waals surface area (Å²) in [5.74, 6) is 0.780. The number of aromatic nitrogens is 4. The largest absolute Gasteiger partial charge is 0.380 e. The van der Waals surface area contributed by atoms with Gasteiger partial charge in [-0.1, -0.05) is 31.9 Å². The summed E-state index contributed by atoms with van der Waals surface area (Å²) in [6, 6.07) is 8.76. The second kappa shape index (κ2) is 5.38. The van der Waals surface area contributed by atoms with Crippen molar-refractivity contribution in [2.75, 3.05) is 5.32 Å². The number of tetrazole rings is 1. The standard InChI is InChI=1S/C14H19N5/c1-2-11-6-5-8-12(11)16-13-7-3-4-9-14(13)19-10-15-17-18-19/h3-4,7,9-12,16H,2,5-6,8H2,1H3. The maximum atomic E-state index is 3.98. The summed E-state index contributed by atoms with van der Waals surface area (Å²) in [6.07, 6.45) is 6.78. The molecule has 0 spiro atoms. The zero-order chi connectivity index (χ0) is 13.1. The number of anilines is 1. The first-order valence-corrected chi connectivity index (χ1v) is 6.97. The van der Waals surface area contributed by atoms with E-state index in [9.17, 15) is 0 Å². The van der Waals surface area contributed by atoms with Gasteiger partial charge in [-0.2, -0.15) is 4.68 Å². The Hall–Kier alpha value is -1.91. The van der Waals surface area contributed by atoms with Crippen LogP contribution in [0.4, 0.5) is 5.69 Å². The molecule has 19 heavy (non-hydrogen) atoms. The van der Waals surface area contributed by atoms with E-state index in [1.165, 1.54) is 25.7 Å². The summed E-state index contributed by atoms with van der Waals surface area (Å²) in [5.41, 5.74) is 2.12. The molecular weight excluding hydrogens is 238 g/mol. The molecule has 1 aromatic heterocycles. The Bertz CT molecular complexity index is 522. The molecule has 0 aliphatic heterocycles. The fourth-order valence-electron chi connectivity index (χ4n) is 2.98. The Morgan fingerprint density at radius 3 is 3.00 bits per heavy atom. The van der Waals surface area contributed by atoms with Gasteiger partial charge in [-0.25, -0.2) is 0 Å². The molecule has 3 rings (SSSR count). The Morgan fingerprint density at radius 1 is 1.32 bits per heavy atom. The molecule has 2 aromatic rings. The first-order chi connectivity index (χ1) is 9.38. The quantitative estimate of drug-likeness (QED) is 0.915. The van der Waals surface area contributed by atoms with E-state index in [-0.39, 0.29) is 0 Å². The lowest BCUT2D eigenvalue weighted by molar-refractivity contribution is 0.489. The molecule has 1 aliphatic rings. The summed E-state index contributed by atoms with van der Waals surface area (Å²) in [5, 5.41) is 15.1. The van der Waals surface area contributed by atoms with Crippen LogP contribution in [-0.2, 0) is 0 Å². The fraction of sp³-hybridized carbons (Fsp3) is 0.500. The topological polar surface area (TPSA) is 55.6 Å². The molecular formula is C14H19N5. The normalized spacial score (nSPS) is 22.6. The van der Waals surface area contributed by atoms with Gasteiger partial charge >= 0.3 is 0 Å². The van der Waals surface area contributed by atoms with Crippen LogP contribution in [0.1, 0.15) is 32.6 Å². The molecule has 1 heterocycles. The number of hydrogen-bond donors (Lipinski definition) is 1. The summed E-state index contributed by atoms with van der Waals surface area (Å²) in [4.78, 5) is 0. The number of nitrogens with zero attached hydrogens (tertiary/aromatic N) is 4. The van der Waals surface area contributed by atoms with Gasteiger partial charge in [0.1, 0.15) is 6.33 Å². The van der Waals surface area contributed by atoms with Crippen molar-refractivity contribution in [3.05, 3.63) is 30.6 Å². The molecule has 1 saturated carbocycles. The highest BCUT2D eigenvalue weighted by molar-refractivity contribution is 5.61. The van der Waals surface area contributed by atoms with Crippen LogP contribution >= 0.6 is 0 Å². The molecule has 1 N–H and O–H groups in total. The monoisotopic (exact) mass is 257 g/mol. The molecule has 0 amide bonds. The van der Waals surface area contributed by atoms with Gasteiger partial charge in [0.25, 0.3) is 0 Å². The average molecular weight is 257 g/mol. The molecule has 1 fully saturated rings. The molecule has 0 saturated heterocycles.